The van der Waals surface area contributed by atoms with Crippen LogP contribution in [0.1, 0.15) is 21.8 Å². The summed E-state index contributed by atoms with van der Waals surface area (Å²) in [5.74, 6) is 0.924. The van der Waals surface area contributed by atoms with E-state index in [-0.39, 0.29) is 16.6 Å². The average Bonchev–Trinajstić information content (AvgIpc) is 3.19. The molecule has 0 aliphatic carbocycles. The van der Waals surface area contributed by atoms with Crippen LogP contribution in [0.15, 0.2) is 88.2 Å². The Morgan fingerprint density at radius 1 is 0.970 bits per heavy atom. The highest BCUT2D eigenvalue weighted by Gasteiger charge is 2.21. The lowest BCUT2D eigenvalue weighted by Crippen LogP contribution is -2.11. The van der Waals surface area contributed by atoms with Crippen molar-refractivity contribution >= 4 is 21.4 Å². The third-order valence-electron chi connectivity index (χ3n) is 5.06. The van der Waals surface area contributed by atoms with Gasteiger partial charge in [0.1, 0.15) is 17.3 Å². The predicted molar refractivity (Wildman–Crippen MR) is 125 cm³/mol. The van der Waals surface area contributed by atoms with E-state index in [2.05, 4.69) is 10.3 Å². The lowest BCUT2D eigenvalue weighted by molar-refractivity contribution is 0.102. The number of aryl methyl sites for hydroxylation is 1. The summed E-state index contributed by atoms with van der Waals surface area (Å²) in [6.07, 6.45) is 0. The lowest BCUT2D eigenvalue weighted by atomic mass is 10.1. The first-order chi connectivity index (χ1) is 15.9. The second kappa shape index (κ2) is 9.30. The summed E-state index contributed by atoms with van der Waals surface area (Å²) < 4.78 is 36.2. The van der Waals surface area contributed by atoms with Crippen LogP contribution in [0, 0.1) is 6.92 Å². The van der Waals surface area contributed by atoms with Crippen molar-refractivity contribution in [2.45, 2.75) is 17.6 Å². The molecule has 1 aromatic heterocycles. The average molecular weight is 463 g/mol. The minimum absolute atomic E-state index is 0.237. The van der Waals surface area contributed by atoms with Gasteiger partial charge in [-0.15, -0.1) is 0 Å². The van der Waals surface area contributed by atoms with Crippen molar-refractivity contribution in [3.05, 3.63) is 95.9 Å². The normalized spacial score (nSPS) is 11.2. The third kappa shape index (κ3) is 5.12. The molecule has 0 bridgehead atoms. The Morgan fingerprint density at radius 3 is 2.27 bits per heavy atom. The summed E-state index contributed by atoms with van der Waals surface area (Å²) in [6.45, 7) is 1.68. The maximum Gasteiger partial charge on any atom is 0.255 e. The SMILES string of the molecule is COc1ccc(NC(=O)c2ccc(-c3nc(CS(=O)(=O)c4ccccc4)c(C)o3)cc2)cc1. The monoisotopic (exact) mass is 462 g/mol. The van der Waals surface area contributed by atoms with E-state index in [1.54, 1.807) is 92.9 Å². The summed E-state index contributed by atoms with van der Waals surface area (Å²) in [4.78, 5) is 17.1. The Morgan fingerprint density at radius 2 is 1.64 bits per heavy atom. The van der Waals surface area contributed by atoms with Gasteiger partial charge in [-0.2, -0.15) is 0 Å². The molecule has 168 valence electrons. The van der Waals surface area contributed by atoms with Crippen molar-refractivity contribution in [2.75, 3.05) is 12.4 Å². The molecule has 8 heteroatoms. The first-order valence-corrected chi connectivity index (χ1v) is 11.8. The van der Waals surface area contributed by atoms with Crippen molar-refractivity contribution in [3.63, 3.8) is 0 Å². The highest BCUT2D eigenvalue weighted by Crippen LogP contribution is 2.25. The standard InChI is InChI=1S/C25H22N2O5S/c1-17-23(16-33(29,30)22-6-4-3-5-7-22)27-25(32-17)19-10-8-18(9-11-19)24(28)26-20-12-14-21(31-2)15-13-20/h3-15H,16H2,1-2H3,(H,26,28). The van der Waals surface area contributed by atoms with Crippen molar-refractivity contribution < 1.29 is 22.4 Å². The van der Waals surface area contributed by atoms with E-state index in [1.807, 2.05) is 0 Å². The van der Waals surface area contributed by atoms with E-state index >= 15 is 0 Å². The minimum Gasteiger partial charge on any atom is -0.497 e. The summed E-state index contributed by atoms with van der Waals surface area (Å²) in [5, 5.41) is 2.82. The van der Waals surface area contributed by atoms with Gasteiger partial charge in [0, 0.05) is 16.8 Å². The molecule has 0 aliphatic heterocycles. The van der Waals surface area contributed by atoms with Crippen molar-refractivity contribution in [3.8, 4) is 17.2 Å². The van der Waals surface area contributed by atoms with Gasteiger partial charge in [0.2, 0.25) is 5.89 Å². The Balaban J connectivity index is 1.48. The van der Waals surface area contributed by atoms with Gasteiger partial charge in [-0.1, -0.05) is 18.2 Å². The number of sulfone groups is 1. The molecule has 0 radical (unpaired) electrons. The molecule has 0 atom stereocenters. The molecule has 33 heavy (non-hydrogen) atoms. The fraction of sp³-hybridized carbons (Fsp3) is 0.120. The minimum atomic E-state index is -3.54. The van der Waals surface area contributed by atoms with E-state index in [9.17, 15) is 13.2 Å². The number of benzene rings is 3. The highest BCUT2D eigenvalue weighted by atomic mass is 32.2. The number of ether oxygens (including phenoxy) is 1. The van der Waals surface area contributed by atoms with Crippen LogP contribution in [0.5, 0.6) is 5.75 Å². The number of nitrogens with one attached hydrogen (secondary N) is 1. The maximum absolute atomic E-state index is 12.7. The first kappa shape index (κ1) is 22.3. The summed E-state index contributed by atoms with van der Waals surface area (Å²) in [7, 11) is -1.96. The van der Waals surface area contributed by atoms with Crippen LogP contribution in [-0.2, 0) is 15.6 Å². The largest absolute Gasteiger partial charge is 0.497 e. The molecule has 4 rings (SSSR count). The van der Waals surface area contributed by atoms with Gasteiger partial charge in [-0.3, -0.25) is 4.79 Å². The van der Waals surface area contributed by atoms with Crippen LogP contribution in [-0.4, -0.2) is 26.4 Å². The van der Waals surface area contributed by atoms with Gasteiger partial charge in [0.25, 0.3) is 5.91 Å². The number of aromatic nitrogens is 1. The molecule has 1 heterocycles. The van der Waals surface area contributed by atoms with E-state index in [4.69, 9.17) is 9.15 Å². The number of carbonyl (C=O) groups excluding carboxylic acids is 1. The quantitative estimate of drug-likeness (QED) is 0.420. The molecule has 0 saturated heterocycles. The zero-order chi connectivity index (χ0) is 23.4. The van der Waals surface area contributed by atoms with Crippen LogP contribution < -0.4 is 10.1 Å². The zero-order valence-corrected chi connectivity index (χ0v) is 18.9. The molecule has 3 aromatic carbocycles. The van der Waals surface area contributed by atoms with Crippen LogP contribution >= 0.6 is 0 Å². The first-order valence-electron chi connectivity index (χ1n) is 10.2. The van der Waals surface area contributed by atoms with Gasteiger partial charge in [-0.25, -0.2) is 13.4 Å². The number of rotatable bonds is 7. The smallest absolute Gasteiger partial charge is 0.255 e. The summed E-state index contributed by atoms with van der Waals surface area (Å²) >= 11 is 0. The second-order valence-electron chi connectivity index (χ2n) is 7.35. The predicted octanol–water partition coefficient (Wildman–Crippen LogP) is 4.88. The van der Waals surface area contributed by atoms with E-state index in [0.29, 0.717) is 39.9 Å². The number of methoxy groups -OCH3 is 1. The number of hydrogen-bond donors (Lipinski definition) is 1. The molecule has 1 amide bonds. The Kier molecular flexibility index (Phi) is 6.28. The highest BCUT2D eigenvalue weighted by molar-refractivity contribution is 7.90. The molecule has 0 spiro atoms. The lowest BCUT2D eigenvalue weighted by Gasteiger charge is -2.06. The van der Waals surface area contributed by atoms with Crippen molar-refractivity contribution in [1.29, 1.82) is 0 Å². The number of hydrogen-bond acceptors (Lipinski definition) is 6. The number of nitrogens with zero attached hydrogens (tertiary/aromatic N) is 1. The Hall–Kier alpha value is -3.91. The third-order valence-corrected chi connectivity index (χ3v) is 6.71. The Labute approximate surface area is 192 Å². The van der Waals surface area contributed by atoms with Gasteiger partial charge < -0.3 is 14.5 Å². The van der Waals surface area contributed by atoms with Crippen LogP contribution in [0.4, 0.5) is 5.69 Å². The fourth-order valence-electron chi connectivity index (χ4n) is 3.22. The van der Waals surface area contributed by atoms with Crippen LogP contribution in [0.25, 0.3) is 11.5 Å². The summed E-state index contributed by atoms with van der Waals surface area (Å²) in [5.41, 5.74) is 2.11. The topological polar surface area (TPSA) is 98.5 Å². The Bertz CT molecular complexity index is 1360. The van der Waals surface area contributed by atoms with Crippen molar-refractivity contribution in [2.24, 2.45) is 0 Å². The molecule has 1 N–H and O–H groups in total. The molecule has 0 saturated carbocycles. The van der Waals surface area contributed by atoms with Gasteiger partial charge >= 0.3 is 0 Å². The van der Waals surface area contributed by atoms with Crippen molar-refractivity contribution in [1.82, 2.24) is 4.98 Å². The van der Waals surface area contributed by atoms with Crippen LogP contribution in [0.3, 0.4) is 0 Å². The van der Waals surface area contributed by atoms with E-state index < -0.39 is 9.84 Å². The van der Waals surface area contributed by atoms with Gasteiger partial charge in [0.05, 0.1) is 17.7 Å². The van der Waals surface area contributed by atoms with Crippen LogP contribution in [0.2, 0.25) is 0 Å². The number of carbonyl (C=O) groups is 1. The molecular formula is C25H22N2O5S. The van der Waals surface area contributed by atoms with E-state index in [0.717, 1.165) is 0 Å². The number of anilines is 1. The maximum atomic E-state index is 12.7. The molecule has 7 nitrogen and oxygen atoms in total. The molecule has 0 aliphatic rings. The number of oxazole rings is 1. The number of amides is 1. The summed E-state index contributed by atoms with van der Waals surface area (Å²) in [6, 6.07) is 22.0. The zero-order valence-electron chi connectivity index (χ0n) is 18.1. The molecule has 0 unspecified atom stereocenters. The molecule has 4 aromatic rings. The fourth-order valence-corrected chi connectivity index (χ4v) is 4.58. The van der Waals surface area contributed by atoms with E-state index in [1.165, 1.54) is 0 Å². The van der Waals surface area contributed by atoms with Gasteiger partial charge in [0.15, 0.2) is 9.84 Å². The molecular weight excluding hydrogens is 440 g/mol. The second-order valence-corrected chi connectivity index (χ2v) is 9.34. The molecule has 0 fully saturated rings. The van der Waals surface area contributed by atoms with Gasteiger partial charge in [-0.05, 0) is 67.6 Å².